The van der Waals surface area contributed by atoms with E-state index in [1.165, 1.54) is 25.7 Å². The number of rotatable bonds is 5. The molecule has 0 aromatic rings. The Bertz CT molecular complexity index is 215. The molecule has 1 heteroatoms. The first-order valence-corrected chi connectivity index (χ1v) is 5.83. The van der Waals surface area contributed by atoms with E-state index < -0.39 is 0 Å². The van der Waals surface area contributed by atoms with Gasteiger partial charge in [0.25, 0.3) is 0 Å². The van der Waals surface area contributed by atoms with Gasteiger partial charge in [-0.2, -0.15) is 0 Å². The molecule has 0 aromatic carbocycles. The van der Waals surface area contributed by atoms with Crippen molar-refractivity contribution in [1.82, 2.24) is 5.32 Å². The van der Waals surface area contributed by atoms with Crippen molar-refractivity contribution in [2.24, 2.45) is 5.92 Å². The van der Waals surface area contributed by atoms with Gasteiger partial charge in [-0.1, -0.05) is 31.6 Å². The summed E-state index contributed by atoms with van der Waals surface area (Å²) < 4.78 is 0. The van der Waals surface area contributed by atoms with Crippen LogP contribution in [0.2, 0.25) is 0 Å². The van der Waals surface area contributed by atoms with Gasteiger partial charge in [-0.3, -0.25) is 0 Å². The van der Waals surface area contributed by atoms with E-state index in [1.807, 2.05) is 0 Å². The van der Waals surface area contributed by atoms with Crippen LogP contribution in [0.3, 0.4) is 0 Å². The highest BCUT2D eigenvalue weighted by Crippen LogP contribution is 2.25. The first-order chi connectivity index (χ1) is 6.79. The van der Waals surface area contributed by atoms with Gasteiger partial charge in [-0.05, 0) is 44.7 Å². The molecule has 0 bridgehead atoms. The lowest BCUT2D eigenvalue weighted by Crippen LogP contribution is -2.31. The summed E-state index contributed by atoms with van der Waals surface area (Å²) in [7, 11) is 2.06. The van der Waals surface area contributed by atoms with Gasteiger partial charge in [-0.15, -0.1) is 0 Å². The van der Waals surface area contributed by atoms with E-state index in [9.17, 15) is 0 Å². The molecule has 14 heavy (non-hydrogen) atoms. The zero-order valence-electron chi connectivity index (χ0n) is 9.72. The first kappa shape index (κ1) is 11.5. The fraction of sp³-hybridized carbons (Fsp3) is 0.692. The van der Waals surface area contributed by atoms with Crippen LogP contribution in [-0.2, 0) is 0 Å². The Morgan fingerprint density at radius 2 is 2.21 bits per heavy atom. The van der Waals surface area contributed by atoms with Crippen LogP contribution < -0.4 is 5.32 Å². The number of nitrogens with one attached hydrogen (secondary N) is 1. The molecule has 0 aromatic heterocycles. The topological polar surface area (TPSA) is 12.0 Å². The molecule has 1 N–H and O–H groups in total. The highest BCUT2D eigenvalue weighted by molar-refractivity contribution is 5.26. The average Bonchev–Trinajstić information content (AvgIpc) is 2.26. The summed E-state index contributed by atoms with van der Waals surface area (Å²) in [6.07, 6.45) is 12.0. The molecule has 0 saturated heterocycles. The van der Waals surface area contributed by atoms with Crippen molar-refractivity contribution < 1.29 is 0 Å². The molecule has 1 nitrogen and oxygen atoms in total. The molecule has 0 aliphatic heterocycles. The molecule has 0 saturated carbocycles. The van der Waals surface area contributed by atoms with E-state index >= 15 is 0 Å². The van der Waals surface area contributed by atoms with Crippen molar-refractivity contribution in [1.29, 1.82) is 0 Å². The Balaban J connectivity index is 2.65. The van der Waals surface area contributed by atoms with Crippen LogP contribution in [0, 0.1) is 5.92 Å². The Labute approximate surface area is 88.3 Å². The fourth-order valence-corrected chi connectivity index (χ4v) is 2.13. The van der Waals surface area contributed by atoms with E-state index in [0.29, 0.717) is 12.0 Å². The minimum absolute atomic E-state index is 0.587. The summed E-state index contributed by atoms with van der Waals surface area (Å²) in [5.41, 5.74) is 1.54. The molecule has 1 aliphatic carbocycles. The minimum Gasteiger partial charge on any atom is -0.317 e. The maximum atomic E-state index is 3.37. The third-order valence-corrected chi connectivity index (χ3v) is 3.11. The maximum Gasteiger partial charge on any atom is 0.0104 e. The molecule has 0 heterocycles. The van der Waals surface area contributed by atoms with Crippen LogP contribution in [0.5, 0.6) is 0 Å². The van der Waals surface area contributed by atoms with Crippen LogP contribution in [0.1, 0.15) is 39.5 Å². The molecule has 80 valence electrons. The van der Waals surface area contributed by atoms with Gasteiger partial charge < -0.3 is 5.32 Å². The zero-order valence-corrected chi connectivity index (χ0v) is 9.72. The Hall–Kier alpha value is -0.560. The van der Waals surface area contributed by atoms with Gasteiger partial charge in [-0.25, -0.2) is 0 Å². The van der Waals surface area contributed by atoms with Gasteiger partial charge in [0.2, 0.25) is 0 Å². The fourth-order valence-electron chi connectivity index (χ4n) is 2.13. The van der Waals surface area contributed by atoms with Gasteiger partial charge in [0.05, 0.1) is 0 Å². The average molecular weight is 193 g/mol. The summed E-state index contributed by atoms with van der Waals surface area (Å²) in [4.78, 5) is 0. The second-order valence-electron chi connectivity index (χ2n) is 4.16. The summed E-state index contributed by atoms with van der Waals surface area (Å²) in [6, 6.07) is 0.587. The molecule has 2 atom stereocenters. The predicted molar refractivity (Wildman–Crippen MR) is 63.4 cm³/mol. The third-order valence-electron chi connectivity index (χ3n) is 3.11. The number of hydrogen-bond donors (Lipinski definition) is 1. The monoisotopic (exact) mass is 193 g/mol. The zero-order chi connectivity index (χ0) is 10.4. The Morgan fingerprint density at radius 1 is 1.43 bits per heavy atom. The van der Waals surface area contributed by atoms with E-state index in [0.717, 1.165) is 0 Å². The summed E-state index contributed by atoms with van der Waals surface area (Å²) >= 11 is 0. The summed E-state index contributed by atoms with van der Waals surface area (Å²) in [6.45, 7) is 4.55. The van der Waals surface area contributed by atoms with E-state index in [1.54, 1.807) is 5.57 Å². The Kier molecular flexibility index (Phi) is 4.95. The molecule has 2 unspecified atom stereocenters. The molecular weight excluding hydrogens is 170 g/mol. The molecule has 0 radical (unpaired) electrons. The quantitative estimate of drug-likeness (QED) is 0.706. The first-order valence-electron chi connectivity index (χ1n) is 5.83. The minimum atomic E-state index is 0.587. The highest BCUT2D eigenvalue weighted by Gasteiger charge is 2.18. The predicted octanol–water partition coefficient (Wildman–Crippen LogP) is 3.29. The summed E-state index contributed by atoms with van der Waals surface area (Å²) in [5, 5.41) is 3.37. The molecule has 0 fully saturated rings. The SMILES string of the molecule is CCCC(C1=CCCC=C1)C(C)NC. The molecule has 1 aliphatic rings. The lowest BCUT2D eigenvalue weighted by molar-refractivity contribution is 0.422. The van der Waals surface area contributed by atoms with Crippen molar-refractivity contribution in [3.8, 4) is 0 Å². The normalized spacial score (nSPS) is 20.4. The molecular formula is C13H23N. The van der Waals surface area contributed by atoms with Gasteiger partial charge in [0, 0.05) is 6.04 Å². The lowest BCUT2D eigenvalue weighted by atomic mass is 9.85. The van der Waals surface area contributed by atoms with Gasteiger partial charge in [0.1, 0.15) is 0 Å². The van der Waals surface area contributed by atoms with Crippen LogP contribution in [0.15, 0.2) is 23.8 Å². The van der Waals surface area contributed by atoms with Gasteiger partial charge >= 0.3 is 0 Å². The van der Waals surface area contributed by atoms with E-state index in [4.69, 9.17) is 0 Å². The number of hydrogen-bond acceptors (Lipinski definition) is 1. The molecule has 0 amide bonds. The Morgan fingerprint density at radius 3 is 2.71 bits per heavy atom. The molecule has 1 rings (SSSR count). The van der Waals surface area contributed by atoms with Crippen molar-refractivity contribution in [2.45, 2.75) is 45.6 Å². The van der Waals surface area contributed by atoms with Gasteiger partial charge in [0.15, 0.2) is 0 Å². The smallest absolute Gasteiger partial charge is 0.0104 e. The van der Waals surface area contributed by atoms with E-state index in [-0.39, 0.29) is 0 Å². The second kappa shape index (κ2) is 6.02. The van der Waals surface area contributed by atoms with Crippen molar-refractivity contribution in [3.63, 3.8) is 0 Å². The highest BCUT2D eigenvalue weighted by atomic mass is 14.9. The van der Waals surface area contributed by atoms with Crippen LogP contribution in [0.25, 0.3) is 0 Å². The van der Waals surface area contributed by atoms with Crippen molar-refractivity contribution in [2.75, 3.05) is 7.05 Å². The number of allylic oxidation sites excluding steroid dienone is 3. The standard InChI is InChI=1S/C13H23N/c1-4-8-13(11(2)14-3)12-9-6-5-7-10-12/h6,9-11,13-14H,4-5,7-8H2,1-3H3. The molecule has 0 spiro atoms. The second-order valence-corrected chi connectivity index (χ2v) is 4.16. The van der Waals surface area contributed by atoms with Crippen LogP contribution in [-0.4, -0.2) is 13.1 Å². The summed E-state index contributed by atoms with van der Waals surface area (Å²) in [5.74, 6) is 0.696. The lowest BCUT2D eigenvalue weighted by Gasteiger charge is -2.25. The van der Waals surface area contributed by atoms with E-state index in [2.05, 4.69) is 44.4 Å². The third kappa shape index (κ3) is 2.98. The van der Waals surface area contributed by atoms with Crippen LogP contribution in [0.4, 0.5) is 0 Å². The van der Waals surface area contributed by atoms with Crippen molar-refractivity contribution in [3.05, 3.63) is 23.8 Å². The van der Waals surface area contributed by atoms with Crippen molar-refractivity contribution >= 4 is 0 Å². The maximum absolute atomic E-state index is 3.37. The largest absolute Gasteiger partial charge is 0.317 e. The van der Waals surface area contributed by atoms with Crippen LogP contribution >= 0.6 is 0 Å².